The summed E-state index contributed by atoms with van der Waals surface area (Å²) < 4.78 is 4.64. The number of hydrogen-bond donors (Lipinski definition) is 1. The Kier molecular flexibility index (Phi) is 4.18. The molecule has 0 spiro atoms. The van der Waals surface area contributed by atoms with Crippen molar-refractivity contribution >= 4 is 5.97 Å². The smallest absolute Gasteiger partial charge is 0.341 e. The van der Waals surface area contributed by atoms with E-state index in [0.717, 1.165) is 12.0 Å². The fourth-order valence-corrected chi connectivity index (χ4v) is 1.99. The first-order chi connectivity index (χ1) is 9.22. The molecule has 0 aromatic heterocycles. The third kappa shape index (κ3) is 3.13. The van der Waals surface area contributed by atoms with Crippen LogP contribution in [0, 0.1) is 0 Å². The van der Waals surface area contributed by atoms with Crippen LogP contribution in [0.25, 0.3) is 0 Å². The molecule has 0 aliphatic rings. The number of hydrogen-bond acceptors (Lipinski definition) is 3. The number of esters is 1. The van der Waals surface area contributed by atoms with Crippen LogP contribution in [-0.4, -0.2) is 18.2 Å². The standard InChI is InChI=1S/C16H16O3/c1-19-16(18)14-9-5-8-13(15(14)17)11-10-12-6-3-2-4-7-12/h2-9,17H,10-11H2,1H3. The average molecular weight is 256 g/mol. The highest BCUT2D eigenvalue weighted by atomic mass is 16.5. The molecule has 0 bridgehead atoms. The van der Waals surface area contributed by atoms with Crippen LogP contribution in [0.3, 0.4) is 0 Å². The summed E-state index contributed by atoms with van der Waals surface area (Å²) in [6.45, 7) is 0. The van der Waals surface area contributed by atoms with Gasteiger partial charge in [-0.05, 0) is 30.0 Å². The molecule has 0 fully saturated rings. The summed E-state index contributed by atoms with van der Waals surface area (Å²) in [5.74, 6) is -0.496. The molecular formula is C16H16O3. The molecule has 19 heavy (non-hydrogen) atoms. The second-order valence-corrected chi connectivity index (χ2v) is 4.29. The summed E-state index contributed by atoms with van der Waals surface area (Å²) >= 11 is 0. The SMILES string of the molecule is COC(=O)c1cccc(CCc2ccccc2)c1O. The van der Waals surface area contributed by atoms with Gasteiger partial charge in [-0.25, -0.2) is 4.79 Å². The fourth-order valence-electron chi connectivity index (χ4n) is 1.99. The van der Waals surface area contributed by atoms with Crippen LogP contribution in [0.4, 0.5) is 0 Å². The number of benzene rings is 2. The van der Waals surface area contributed by atoms with E-state index in [9.17, 15) is 9.90 Å². The molecule has 98 valence electrons. The Morgan fingerprint density at radius 3 is 2.47 bits per heavy atom. The van der Waals surface area contributed by atoms with Gasteiger partial charge in [0.25, 0.3) is 0 Å². The minimum atomic E-state index is -0.515. The molecule has 0 heterocycles. The number of carbonyl (C=O) groups is 1. The highest BCUT2D eigenvalue weighted by molar-refractivity contribution is 5.92. The van der Waals surface area contributed by atoms with Gasteiger partial charge in [-0.1, -0.05) is 42.5 Å². The molecule has 0 unspecified atom stereocenters. The van der Waals surface area contributed by atoms with E-state index in [4.69, 9.17) is 0 Å². The van der Waals surface area contributed by atoms with Gasteiger partial charge in [0.15, 0.2) is 0 Å². The largest absolute Gasteiger partial charge is 0.507 e. The third-order valence-corrected chi connectivity index (χ3v) is 3.05. The number of aryl methyl sites for hydroxylation is 2. The first-order valence-corrected chi connectivity index (χ1v) is 6.15. The van der Waals surface area contributed by atoms with Gasteiger partial charge in [0.1, 0.15) is 11.3 Å². The van der Waals surface area contributed by atoms with Crippen molar-refractivity contribution in [3.05, 3.63) is 65.2 Å². The van der Waals surface area contributed by atoms with Crippen LogP contribution in [0.5, 0.6) is 5.75 Å². The van der Waals surface area contributed by atoms with Gasteiger partial charge in [0, 0.05) is 0 Å². The molecule has 2 aromatic carbocycles. The first-order valence-electron chi connectivity index (χ1n) is 6.15. The maximum Gasteiger partial charge on any atom is 0.341 e. The van der Waals surface area contributed by atoms with E-state index >= 15 is 0 Å². The quantitative estimate of drug-likeness (QED) is 0.855. The summed E-state index contributed by atoms with van der Waals surface area (Å²) in [5.41, 5.74) is 2.17. The van der Waals surface area contributed by atoms with Gasteiger partial charge in [-0.2, -0.15) is 0 Å². The van der Waals surface area contributed by atoms with Crippen LogP contribution in [-0.2, 0) is 17.6 Å². The molecule has 0 aliphatic heterocycles. The molecular weight excluding hydrogens is 240 g/mol. The number of aromatic hydroxyl groups is 1. The number of carbonyl (C=O) groups excluding carboxylic acids is 1. The second kappa shape index (κ2) is 6.05. The van der Waals surface area contributed by atoms with E-state index in [-0.39, 0.29) is 11.3 Å². The minimum absolute atomic E-state index is 0.0188. The van der Waals surface area contributed by atoms with E-state index < -0.39 is 5.97 Å². The Labute approximate surface area is 112 Å². The van der Waals surface area contributed by atoms with Crippen LogP contribution in [0.1, 0.15) is 21.5 Å². The summed E-state index contributed by atoms with van der Waals surface area (Å²) in [6, 6.07) is 15.2. The molecule has 0 saturated carbocycles. The van der Waals surface area contributed by atoms with E-state index in [1.165, 1.54) is 12.7 Å². The van der Waals surface area contributed by atoms with Crippen molar-refractivity contribution in [2.24, 2.45) is 0 Å². The van der Waals surface area contributed by atoms with E-state index in [2.05, 4.69) is 4.74 Å². The zero-order valence-corrected chi connectivity index (χ0v) is 10.8. The van der Waals surface area contributed by atoms with Crippen molar-refractivity contribution < 1.29 is 14.6 Å². The summed E-state index contributed by atoms with van der Waals surface area (Å²) in [4.78, 5) is 11.5. The van der Waals surface area contributed by atoms with Crippen LogP contribution < -0.4 is 0 Å². The van der Waals surface area contributed by atoms with Gasteiger partial charge < -0.3 is 9.84 Å². The van der Waals surface area contributed by atoms with Gasteiger partial charge in [0.2, 0.25) is 0 Å². The highest BCUT2D eigenvalue weighted by Gasteiger charge is 2.14. The zero-order chi connectivity index (χ0) is 13.7. The summed E-state index contributed by atoms with van der Waals surface area (Å²) in [5, 5.41) is 10.1. The number of methoxy groups -OCH3 is 1. The molecule has 1 N–H and O–H groups in total. The molecule has 0 atom stereocenters. The van der Waals surface area contributed by atoms with Crippen LogP contribution in [0.2, 0.25) is 0 Å². The fraction of sp³-hybridized carbons (Fsp3) is 0.188. The molecule has 0 radical (unpaired) electrons. The Morgan fingerprint density at radius 2 is 1.79 bits per heavy atom. The minimum Gasteiger partial charge on any atom is -0.507 e. The van der Waals surface area contributed by atoms with Crippen molar-refractivity contribution in [1.29, 1.82) is 0 Å². The van der Waals surface area contributed by atoms with Crippen molar-refractivity contribution in [3.63, 3.8) is 0 Å². The van der Waals surface area contributed by atoms with Crippen LogP contribution >= 0.6 is 0 Å². The maximum atomic E-state index is 11.5. The molecule has 0 saturated heterocycles. The summed E-state index contributed by atoms with van der Waals surface area (Å²) in [7, 11) is 1.30. The van der Waals surface area contributed by atoms with Crippen molar-refractivity contribution in [1.82, 2.24) is 0 Å². The van der Waals surface area contributed by atoms with Gasteiger partial charge in [-0.3, -0.25) is 0 Å². The predicted octanol–water partition coefficient (Wildman–Crippen LogP) is 2.96. The van der Waals surface area contributed by atoms with Gasteiger partial charge >= 0.3 is 5.97 Å². The number of ether oxygens (including phenoxy) is 1. The van der Waals surface area contributed by atoms with E-state index in [0.29, 0.717) is 6.42 Å². The number of rotatable bonds is 4. The van der Waals surface area contributed by atoms with Gasteiger partial charge in [0.05, 0.1) is 7.11 Å². The molecule has 2 rings (SSSR count). The average Bonchev–Trinajstić information content (AvgIpc) is 2.46. The lowest BCUT2D eigenvalue weighted by molar-refractivity contribution is 0.0597. The van der Waals surface area contributed by atoms with Gasteiger partial charge in [-0.15, -0.1) is 0 Å². The molecule has 3 heteroatoms. The lowest BCUT2D eigenvalue weighted by atomic mass is 10.0. The summed E-state index contributed by atoms with van der Waals surface area (Å²) in [6.07, 6.45) is 1.50. The number of para-hydroxylation sites is 1. The van der Waals surface area contributed by atoms with Crippen molar-refractivity contribution in [2.45, 2.75) is 12.8 Å². The first kappa shape index (κ1) is 13.1. The molecule has 2 aromatic rings. The van der Waals surface area contributed by atoms with Crippen LogP contribution in [0.15, 0.2) is 48.5 Å². The Balaban J connectivity index is 2.15. The molecule has 0 amide bonds. The lowest BCUT2D eigenvalue weighted by Gasteiger charge is -2.08. The highest BCUT2D eigenvalue weighted by Crippen LogP contribution is 2.24. The maximum absolute atomic E-state index is 11.5. The van der Waals surface area contributed by atoms with Crippen molar-refractivity contribution in [2.75, 3.05) is 7.11 Å². The zero-order valence-electron chi connectivity index (χ0n) is 10.8. The number of phenolic OH excluding ortho intramolecular Hbond substituents is 1. The predicted molar refractivity (Wildman–Crippen MR) is 73.3 cm³/mol. The third-order valence-electron chi connectivity index (χ3n) is 3.05. The second-order valence-electron chi connectivity index (χ2n) is 4.29. The Hall–Kier alpha value is -2.29. The lowest BCUT2D eigenvalue weighted by Crippen LogP contribution is -2.03. The van der Waals surface area contributed by atoms with E-state index in [1.807, 2.05) is 36.4 Å². The normalized spacial score (nSPS) is 10.2. The molecule has 3 nitrogen and oxygen atoms in total. The van der Waals surface area contributed by atoms with Crippen molar-refractivity contribution in [3.8, 4) is 5.75 Å². The monoisotopic (exact) mass is 256 g/mol. The Bertz CT molecular complexity index is 561. The number of phenols is 1. The van der Waals surface area contributed by atoms with E-state index in [1.54, 1.807) is 12.1 Å². The Morgan fingerprint density at radius 1 is 1.05 bits per heavy atom. The molecule has 0 aliphatic carbocycles. The topological polar surface area (TPSA) is 46.5 Å².